The van der Waals surface area contributed by atoms with Gasteiger partial charge in [0.25, 0.3) is 0 Å². The Hall–Kier alpha value is -4.86. The van der Waals surface area contributed by atoms with Crippen molar-refractivity contribution in [3.8, 4) is 11.8 Å². The molecule has 2 aromatic carbocycles. The van der Waals surface area contributed by atoms with Crippen LogP contribution in [-0.2, 0) is 23.9 Å². The van der Waals surface area contributed by atoms with Crippen molar-refractivity contribution in [2.24, 2.45) is 34.6 Å². The maximum atomic E-state index is 13.9. The van der Waals surface area contributed by atoms with Crippen molar-refractivity contribution in [3.05, 3.63) is 69.4 Å². The molecule has 58 heavy (non-hydrogen) atoms. The van der Waals surface area contributed by atoms with Gasteiger partial charge in [-0.15, -0.1) is 0 Å². The van der Waals surface area contributed by atoms with Crippen molar-refractivity contribution in [1.82, 2.24) is 25.1 Å². The number of methoxy groups -OCH3 is 2. The molecule has 1 aromatic heterocycles. The molecular weight excluding hydrogens is 779 g/mol. The number of carbonyl (C=O) groups excluding carboxylic acids is 4. The van der Waals surface area contributed by atoms with Crippen molar-refractivity contribution in [2.75, 3.05) is 14.2 Å². The highest BCUT2D eigenvalue weighted by Crippen LogP contribution is 2.54. The number of alkyl carbamates (subject to hydrolysis) is 1. The van der Waals surface area contributed by atoms with Crippen LogP contribution >= 0.6 is 23.2 Å². The summed E-state index contributed by atoms with van der Waals surface area (Å²) in [6.07, 6.45) is 3.50. The van der Waals surface area contributed by atoms with Gasteiger partial charge in [-0.2, -0.15) is 0 Å². The number of aromatic nitrogens is 2. The van der Waals surface area contributed by atoms with E-state index < -0.39 is 18.1 Å². The fourth-order valence-electron chi connectivity index (χ4n) is 9.17. The molecule has 3 amide bonds. The van der Waals surface area contributed by atoms with E-state index in [2.05, 4.69) is 33.2 Å². The number of nitrogens with zero attached hydrogens (tertiary/aromatic N) is 4. The first kappa shape index (κ1) is 39.9. The van der Waals surface area contributed by atoms with Gasteiger partial charge in [-0.1, -0.05) is 75.0 Å². The molecule has 2 aliphatic carbocycles. The lowest BCUT2D eigenvalue weighted by atomic mass is 9.89. The van der Waals surface area contributed by atoms with Gasteiger partial charge in [0, 0.05) is 35.4 Å². The Kier molecular flexibility index (Phi) is 10.8. The van der Waals surface area contributed by atoms with Gasteiger partial charge in [0.1, 0.15) is 22.7 Å². The molecule has 1 unspecified atom stereocenters. The molecule has 12 nitrogen and oxygen atoms in total. The number of aliphatic imine (C=N–C) groups is 1. The van der Waals surface area contributed by atoms with E-state index in [1.165, 1.54) is 14.2 Å². The summed E-state index contributed by atoms with van der Waals surface area (Å²) >= 11 is 13.4. The van der Waals surface area contributed by atoms with Crippen LogP contribution in [0.2, 0.25) is 5.15 Å². The van der Waals surface area contributed by atoms with E-state index in [0.29, 0.717) is 34.9 Å². The van der Waals surface area contributed by atoms with Crippen molar-refractivity contribution in [3.63, 3.8) is 0 Å². The predicted molar refractivity (Wildman–Crippen MR) is 221 cm³/mol. The van der Waals surface area contributed by atoms with Gasteiger partial charge in [-0.05, 0) is 89.8 Å². The summed E-state index contributed by atoms with van der Waals surface area (Å²) in [6.45, 7) is 7.73. The number of halogens is 2. The van der Waals surface area contributed by atoms with E-state index in [1.807, 2.05) is 67.8 Å². The topological polar surface area (TPSA) is 146 Å². The third kappa shape index (κ3) is 7.59. The second-order valence-electron chi connectivity index (χ2n) is 17.0. The van der Waals surface area contributed by atoms with Crippen molar-refractivity contribution >= 4 is 69.1 Å². The van der Waals surface area contributed by atoms with Gasteiger partial charge >= 0.3 is 12.1 Å². The Morgan fingerprint density at radius 3 is 2.21 bits per heavy atom. The van der Waals surface area contributed by atoms with E-state index in [1.54, 1.807) is 0 Å². The van der Waals surface area contributed by atoms with E-state index in [0.717, 1.165) is 58.9 Å². The maximum absolute atomic E-state index is 13.9. The molecule has 14 heteroatoms. The number of benzene rings is 2. The fraction of sp³-hybridized carbons (Fsp3) is 0.500. The number of fused-ring (bicyclic) bond motifs is 3. The van der Waals surface area contributed by atoms with Gasteiger partial charge in [0.15, 0.2) is 5.15 Å². The number of rotatable bonds is 10. The molecule has 0 bridgehead atoms. The number of H-pyrrole nitrogens is 1. The van der Waals surface area contributed by atoms with Gasteiger partial charge in [0.05, 0.1) is 38.6 Å². The summed E-state index contributed by atoms with van der Waals surface area (Å²) in [4.78, 5) is 68.5. The number of allylic oxidation sites excluding steroid dienone is 1. The minimum atomic E-state index is -0.727. The van der Waals surface area contributed by atoms with Crippen LogP contribution in [0.4, 0.5) is 4.79 Å². The number of hydrogen-bond donors (Lipinski definition) is 2. The predicted octanol–water partition coefficient (Wildman–Crippen LogP) is 7.24. The number of nitrogens with one attached hydrogen (secondary N) is 2. The molecular formula is C44H48Cl2N6O6. The monoisotopic (exact) mass is 826 g/mol. The summed E-state index contributed by atoms with van der Waals surface area (Å²) < 4.78 is 9.69. The smallest absolute Gasteiger partial charge is 0.407 e. The standard InChI is InChI=1S/C44H48Cl2N6O6/c1-21(2)29(20-37(53)57-5)42(54)51-33-15-27(33)17-35(51)32-19-30(39(45)47-32)26-11-10-24-13-23(7-9-25(24)14-26)8-12-31-40(46)50-41(48-31)36-18-28-16-34(28)52(36)43(55)38(22(3)4)49-44(56)58-6/h7,9-11,13-14,21-22,27-29,33-36,38H,15-20H2,1-6H3,(H,48,50)(H,49,56)/t27-,28-,29+,33-,34-,35?,36+,38+/m1/s1. The quantitative estimate of drug-likeness (QED) is 0.125. The van der Waals surface area contributed by atoms with Gasteiger partial charge in [0.2, 0.25) is 11.8 Å². The largest absolute Gasteiger partial charge is 0.469 e. The van der Waals surface area contributed by atoms with E-state index in [-0.39, 0.29) is 65.4 Å². The minimum Gasteiger partial charge on any atom is -0.469 e. The van der Waals surface area contributed by atoms with Crippen LogP contribution in [0.15, 0.2) is 46.5 Å². The molecule has 3 aliphatic heterocycles. The van der Waals surface area contributed by atoms with Crippen LogP contribution in [0, 0.1) is 41.4 Å². The summed E-state index contributed by atoms with van der Waals surface area (Å²) in [5.41, 5.74) is 4.05. The molecule has 0 radical (unpaired) electrons. The van der Waals surface area contributed by atoms with Gasteiger partial charge in [-0.25, -0.2) is 14.8 Å². The van der Waals surface area contributed by atoms with E-state index >= 15 is 0 Å². The van der Waals surface area contributed by atoms with Crippen LogP contribution in [0.3, 0.4) is 0 Å². The average Bonchev–Trinajstić information content (AvgIpc) is 3.92. The Bertz CT molecular complexity index is 2320. The zero-order valence-corrected chi connectivity index (χ0v) is 35.0. The number of aromatic amines is 1. The lowest BCUT2D eigenvalue weighted by molar-refractivity contribution is -0.148. The SMILES string of the molecule is COC(=O)C[C@H](C(=O)N1C(C2=NC(Cl)=C(c3ccc4cc(C#Cc5[nH]c([C@@H]6C[C@H]7C[C@H]7N6C(=O)[C@@H](NC(=O)OC)C(C)C)nc5Cl)ccc4c3)C2)C[C@H]2C[C@H]21)C(C)C. The fourth-order valence-corrected chi connectivity index (χ4v) is 9.64. The number of imidazole rings is 1. The third-order valence-corrected chi connectivity index (χ3v) is 13.2. The highest BCUT2D eigenvalue weighted by atomic mass is 35.5. The zero-order chi connectivity index (χ0) is 41.2. The Balaban J connectivity index is 0.953. The number of esters is 1. The first-order valence-electron chi connectivity index (χ1n) is 20.1. The number of likely N-dealkylation sites (tertiary alicyclic amines) is 2. The molecule has 2 saturated heterocycles. The number of carbonyl (C=O) groups is 4. The summed E-state index contributed by atoms with van der Waals surface area (Å²) in [5, 5.41) is 5.40. The molecule has 8 atom stereocenters. The average molecular weight is 828 g/mol. The lowest BCUT2D eigenvalue weighted by Crippen LogP contribution is -2.52. The first-order valence-corrected chi connectivity index (χ1v) is 20.8. The van der Waals surface area contributed by atoms with Crippen LogP contribution in [-0.4, -0.2) is 87.7 Å². The summed E-state index contributed by atoms with van der Waals surface area (Å²) in [5.74, 6) is 6.65. The van der Waals surface area contributed by atoms with Crippen LogP contribution in [0.5, 0.6) is 0 Å². The normalized spacial score (nSPS) is 25.2. The Labute approximate surface area is 348 Å². The third-order valence-electron chi connectivity index (χ3n) is 12.6. The number of hydrogen-bond acceptors (Lipinski definition) is 8. The van der Waals surface area contributed by atoms with Gasteiger partial charge in [-0.3, -0.25) is 14.4 Å². The van der Waals surface area contributed by atoms with E-state index in [9.17, 15) is 19.2 Å². The van der Waals surface area contributed by atoms with Crippen LogP contribution in [0.1, 0.15) is 94.9 Å². The van der Waals surface area contributed by atoms with Crippen molar-refractivity contribution in [1.29, 1.82) is 0 Å². The van der Waals surface area contributed by atoms with Crippen molar-refractivity contribution < 1.29 is 28.7 Å². The second kappa shape index (κ2) is 15.7. The van der Waals surface area contributed by atoms with Crippen LogP contribution in [0.25, 0.3) is 16.3 Å². The maximum Gasteiger partial charge on any atom is 0.407 e. The number of amides is 3. The van der Waals surface area contributed by atoms with Crippen molar-refractivity contribution in [2.45, 2.75) is 96.4 Å². The Morgan fingerprint density at radius 2 is 1.53 bits per heavy atom. The highest BCUT2D eigenvalue weighted by Gasteiger charge is 2.57. The lowest BCUT2D eigenvalue weighted by Gasteiger charge is -2.32. The molecule has 8 rings (SSSR count). The summed E-state index contributed by atoms with van der Waals surface area (Å²) in [6, 6.07) is 11.3. The number of ether oxygens (including phenoxy) is 2. The summed E-state index contributed by atoms with van der Waals surface area (Å²) in [7, 11) is 2.64. The first-order chi connectivity index (χ1) is 27.8. The molecule has 5 aliphatic rings. The molecule has 4 fully saturated rings. The molecule has 2 N–H and O–H groups in total. The highest BCUT2D eigenvalue weighted by molar-refractivity contribution is 6.35. The molecule has 0 spiro atoms. The number of piperidine rings is 2. The van der Waals surface area contributed by atoms with Crippen LogP contribution < -0.4 is 5.32 Å². The molecule has 4 heterocycles. The molecule has 304 valence electrons. The van der Waals surface area contributed by atoms with E-state index in [4.69, 9.17) is 37.7 Å². The molecule has 3 aromatic rings. The zero-order valence-electron chi connectivity index (χ0n) is 33.5. The minimum absolute atomic E-state index is 0.00240. The van der Waals surface area contributed by atoms with Gasteiger partial charge < -0.3 is 29.6 Å². The molecule has 2 saturated carbocycles. The second-order valence-corrected chi connectivity index (χ2v) is 17.7. The Morgan fingerprint density at radius 1 is 0.862 bits per heavy atom.